The summed E-state index contributed by atoms with van der Waals surface area (Å²) in [6, 6.07) is 4.69. The van der Waals surface area contributed by atoms with Crippen LogP contribution in [0.25, 0.3) is 6.08 Å². The number of carbonyl (C=O) groups is 2. The number of halogens is 1. The second-order valence-corrected chi connectivity index (χ2v) is 4.35. The summed E-state index contributed by atoms with van der Waals surface area (Å²) in [6.07, 6.45) is 2.81. The molecule has 0 saturated carbocycles. The number of aliphatic carboxylic acids is 1. The number of benzene rings is 1. The van der Waals surface area contributed by atoms with Gasteiger partial charge >= 0.3 is 5.97 Å². The molecule has 0 bridgehead atoms. The number of nitrogens with zero attached hydrogens (tertiary/aromatic N) is 1. The molecule has 0 aliphatic carbocycles. The largest absolute Gasteiger partial charge is 0.480 e. The maximum absolute atomic E-state index is 12.7. The Morgan fingerprint density at radius 3 is 2.70 bits per heavy atom. The van der Waals surface area contributed by atoms with Gasteiger partial charge < -0.3 is 14.7 Å². The number of rotatable bonds is 3. The van der Waals surface area contributed by atoms with Crippen molar-refractivity contribution in [1.82, 2.24) is 4.90 Å². The third-order valence-electron chi connectivity index (χ3n) is 2.98. The van der Waals surface area contributed by atoms with Crippen molar-refractivity contribution in [2.24, 2.45) is 0 Å². The summed E-state index contributed by atoms with van der Waals surface area (Å²) < 4.78 is 17.8. The lowest BCUT2D eigenvalue weighted by atomic mass is 10.2. The predicted octanol–water partition coefficient (Wildman–Crippen LogP) is 1.15. The number of hydrogen-bond acceptors (Lipinski definition) is 3. The van der Waals surface area contributed by atoms with Gasteiger partial charge in [-0.25, -0.2) is 9.18 Å². The molecule has 1 heterocycles. The summed E-state index contributed by atoms with van der Waals surface area (Å²) >= 11 is 0. The normalized spacial score (nSPS) is 19.2. The lowest BCUT2D eigenvalue weighted by Gasteiger charge is -2.31. The Balaban J connectivity index is 2.06. The second-order valence-electron chi connectivity index (χ2n) is 4.35. The molecule has 1 saturated heterocycles. The fourth-order valence-electron chi connectivity index (χ4n) is 1.91. The van der Waals surface area contributed by atoms with Gasteiger partial charge in [0.15, 0.2) is 6.04 Å². The maximum Gasteiger partial charge on any atom is 0.328 e. The van der Waals surface area contributed by atoms with Crippen molar-refractivity contribution in [3.05, 3.63) is 41.7 Å². The minimum atomic E-state index is -1.09. The summed E-state index contributed by atoms with van der Waals surface area (Å²) in [5, 5.41) is 9.03. The quantitative estimate of drug-likeness (QED) is 0.843. The fraction of sp³-hybridized carbons (Fsp3) is 0.286. The molecule has 20 heavy (non-hydrogen) atoms. The van der Waals surface area contributed by atoms with Gasteiger partial charge in [0.2, 0.25) is 5.91 Å². The van der Waals surface area contributed by atoms with Crippen molar-refractivity contribution in [3.8, 4) is 0 Å². The highest BCUT2D eigenvalue weighted by Crippen LogP contribution is 2.10. The average Bonchev–Trinajstić information content (AvgIpc) is 2.46. The van der Waals surface area contributed by atoms with Gasteiger partial charge in [-0.05, 0) is 23.8 Å². The first-order chi connectivity index (χ1) is 9.58. The highest BCUT2D eigenvalue weighted by molar-refractivity contribution is 5.94. The molecule has 6 heteroatoms. The van der Waals surface area contributed by atoms with Crippen LogP contribution in [0.5, 0.6) is 0 Å². The van der Waals surface area contributed by atoms with Crippen LogP contribution >= 0.6 is 0 Å². The molecule has 1 aromatic rings. The van der Waals surface area contributed by atoms with Crippen LogP contribution < -0.4 is 0 Å². The molecular weight excluding hydrogens is 265 g/mol. The molecule has 0 aromatic heterocycles. The number of ether oxygens (including phenoxy) is 1. The van der Waals surface area contributed by atoms with E-state index in [1.807, 2.05) is 0 Å². The van der Waals surface area contributed by atoms with Crippen LogP contribution in [0.15, 0.2) is 30.3 Å². The monoisotopic (exact) mass is 279 g/mol. The van der Waals surface area contributed by atoms with E-state index >= 15 is 0 Å². The summed E-state index contributed by atoms with van der Waals surface area (Å²) in [7, 11) is 0. The first-order valence-electron chi connectivity index (χ1n) is 6.13. The first-order valence-corrected chi connectivity index (χ1v) is 6.13. The first kappa shape index (κ1) is 14.2. The molecule has 106 valence electrons. The number of carboxylic acids is 1. The van der Waals surface area contributed by atoms with Crippen molar-refractivity contribution in [2.45, 2.75) is 6.04 Å². The Morgan fingerprint density at radius 1 is 1.35 bits per heavy atom. The van der Waals surface area contributed by atoms with Gasteiger partial charge in [0.05, 0.1) is 13.2 Å². The number of carboxylic acid groups (broad SMARTS) is 1. The van der Waals surface area contributed by atoms with E-state index in [1.165, 1.54) is 41.3 Å². The van der Waals surface area contributed by atoms with Crippen LogP contribution in [-0.4, -0.2) is 47.7 Å². The van der Waals surface area contributed by atoms with Gasteiger partial charge in [-0.15, -0.1) is 0 Å². The Kier molecular flexibility index (Phi) is 4.47. The standard InChI is InChI=1S/C14H14FNO4/c15-11-4-1-10(2-5-11)3-6-13(17)16-7-8-20-9-12(16)14(18)19/h1-6,12H,7-9H2,(H,18,19)/b6-3+/t12-/m0/s1. The van der Waals surface area contributed by atoms with Crippen molar-refractivity contribution >= 4 is 18.0 Å². The summed E-state index contributed by atoms with van der Waals surface area (Å²) in [5.41, 5.74) is 0.667. The van der Waals surface area contributed by atoms with Gasteiger partial charge in [0, 0.05) is 12.6 Å². The molecule has 1 fully saturated rings. The molecule has 2 rings (SSSR count). The zero-order chi connectivity index (χ0) is 14.5. The van der Waals surface area contributed by atoms with Gasteiger partial charge in [0.1, 0.15) is 5.82 Å². The molecule has 1 aliphatic heterocycles. The van der Waals surface area contributed by atoms with E-state index in [0.29, 0.717) is 12.2 Å². The molecule has 1 aromatic carbocycles. The van der Waals surface area contributed by atoms with Crippen molar-refractivity contribution in [1.29, 1.82) is 0 Å². The van der Waals surface area contributed by atoms with Gasteiger partial charge in [-0.3, -0.25) is 4.79 Å². The molecule has 1 atom stereocenters. The van der Waals surface area contributed by atoms with Crippen molar-refractivity contribution in [3.63, 3.8) is 0 Å². The van der Waals surface area contributed by atoms with Crippen LogP contribution in [0.4, 0.5) is 4.39 Å². The van der Waals surface area contributed by atoms with Gasteiger partial charge in [0.25, 0.3) is 0 Å². The van der Waals surface area contributed by atoms with E-state index < -0.39 is 17.9 Å². The molecule has 0 unspecified atom stereocenters. The second kappa shape index (κ2) is 6.29. The molecular formula is C14H14FNO4. The lowest BCUT2D eigenvalue weighted by Crippen LogP contribution is -2.52. The minimum Gasteiger partial charge on any atom is -0.480 e. The van der Waals surface area contributed by atoms with Crippen LogP contribution in [0.3, 0.4) is 0 Å². The number of carbonyl (C=O) groups excluding carboxylic acids is 1. The third kappa shape index (κ3) is 3.42. The molecule has 1 aliphatic rings. The highest BCUT2D eigenvalue weighted by Gasteiger charge is 2.31. The van der Waals surface area contributed by atoms with Crippen LogP contribution in [0, 0.1) is 5.82 Å². The number of morpholine rings is 1. The maximum atomic E-state index is 12.7. The lowest BCUT2D eigenvalue weighted by molar-refractivity contribution is -0.156. The zero-order valence-electron chi connectivity index (χ0n) is 10.7. The molecule has 5 nitrogen and oxygen atoms in total. The van der Waals surface area contributed by atoms with E-state index in [0.717, 1.165) is 0 Å². The fourth-order valence-corrected chi connectivity index (χ4v) is 1.91. The van der Waals surface area contributed by atoms with Crippen LogP contribution in [-0.2, 0) is 14.3 Å². The minimum absolute atomic E-state index is 0.00847. The average molecular weight is 279 g/mol. The Morgan fingerprint density at radius 2 is 2.05 bits per heavy atom. The Labute approximate surface area is 115 Å². The van der Waals surface area contributed by atoms with Gasteiger partial charge in [-0.1, -0.05) is 12.1 Å². The smallest absolute Gasteiger partial charge is 0.328 e. The molecule has 1 amide bonds. The summed E-state index contributed by atoms with van der Waals surface area (Å²) in [4.78, 5) is 24.3. The van der Waals surface area contributed by atoms with Crippen LogP contribution in [0.1, 0.15) is 5.56 Å². The van der Waals surface area contributed by atoms with E-state index in [2.05, 4.69) is 0 Å². The molecule has 1 N–H and O–H groups in total. The van der Waals surface area contributed by atoms with Gasteiger partial charge in [-0.2, -0.15) is 0 Å². The zero-order valence-corrected chi connectivity index (χ0v) is 10.7. The highest BCUT2D eigenvalue weighted by atomic mass is 19.1. The Hall–Kier alpha value is -2.21. The topological polar surface area (TPSA) is 66.8 Å². The molecule has 0 spiro atoms. The van der Waals surface area contributed by atoms with Crippen molar-refractivity contribution in [2.75, 3.05) is 19.8 Å². The number of amides is 1. The van der Waals surface area contributed by atoms with E-state index in [-0.39, 0.29) is 19.0 Å². The van der Waals surface area contributed by atoms with E-state index in [9.17, 15) is 14.0 Å². The van der Waals surface area contributed by atoms with Crippen molar-refractivity contribution < 1.29 is 23.8 Å². The third-order valence-corrected chi connectivity index (χ3v) is 2.98. The van der Waals surface area contributed by atoms with E-state index in [4.69, 9.17) is 9.84 Å². The predicted molar refractivity (Wildman–Crippen MR) is 69.4 cm³/mol. The number of hydrogen-bond donors (Lipinski definition) is 1. The summed E-state index contributed by atoms with van der Waals surface area (Å²) in [5.74, 6) is -1.84. The Bertz CT molecular complexity index is 526. The summed E-state index contributed by atoms with van der Waals surface area (Å²) in [6.45, 7) is 0.551. The SMILES string of the molecule is O=C(O)[C@@H]1COCCN1C(=O)/C=C/c1ccc(F)cc1. The van der Waals surface area contributed by atoms with E-state index in [1.54, 1.807) is 0 Å². The van der Waals surface area contributed by atoms with Crippen LogP contribution in [0.2, 0.25) is 0 Å². The molecule has 0 radical (unpaired) electrons.